The Morgan fingerprint density at radius 3 is 2.72 bits per heavy atom. The average Bonchev–Trinajstić information content (AvgIpc) is 2.68. The van der Waals surface area contributed by atoms with Gasteiger partial charge in [-0.05, 0) is 38.6 Å². The predicted octanol–water partition coefficient (Wildman–Crippen LogP) is 1.57. The smallest absolute Gasteiger partial charge is 0.115 e. The molecule has 1 aromatic rings. The highest BCUT2D eigenvalue weighted by Crippen LogP contribution is 2.33. The van der Waals surface area contributed by atoms with E-state index in [1.165, 1.54) is 37.8 Å². The normalized spacial score (nSPS) is 31.8. The van der Waals surface area contributed by atoms with Crippen molar-refractivity contribution in [1.82, 2.24) is 19.8 Å². The molecule has 0 aromatic carbocycles. The molecule has 0 amide bonds. The Hall–Kier alpha value is -1.08. The minimum atomic E-state index is 0.361. The Balaban J connectivity index is 1.48. The van der Waals surface area contributed by atoms with Crippen LogP contribution >= 0.6 is 0 Å². The van der Waals surface area contributed by atoms with Gasteiger partial charge in [0.05, 0.1) is 6.10 Å². The molecule has 3 aliphatic heterocycles. The summed E-state index contributed by atoms with van der Waals surface area (Å²) in [5, 5.41) is 0. The zero-order chi connectivity index (χ0) is 17.1. The lowest BCUT2D eigenvalue weighted by Crippen LogP contribution is -2.62. The van der Waals surface area contributed by atoms with Gasteiger partial charge in [-0.15, -0.1) is 0 Å². The van der Waals surface area contributed by atoms with Crippen LogP contribution in [-0.2, 0) is 16.0 Å². The van der Waals surface area contributed by atoms with Gasteiger partial charge in [0.2, 0.25) is 0 Å². The van der Waals surface area contributed by atoms with Gasteiger partial charge >= 0.3 is 0 Å². The topological polar surface area (TPSA) is 50.7 Å². The van der Waals surface area contributed by atoms with Crippen molar-refractivity contribution in [1.29, 1.82) is 0 Å². The molecule has 6 heteroatoms. The molecule has 138 valence electrons. The summed E-state index contributed by atoms with van der Waals surface area (Å²) < 4.78 is 11.8. The van der Waals surface area contributed by atoms with Crippen molar-refractivity contribution in [2.45, 2.75) is 50.4 Å². The molecule has 3 atom stereocenters. The van der Waals surface area contributed by atoms with E-state index in [1.807, 2.05) is 12.4 Å². The predicted molar refractivity (Wildman–Crippen MR) is 95.2 cm³/mol. The van der Waals surface area contributed by atoms with Crippen LogP contribution in [-0.4, -0.2) is 77.9 Å². The fourth-order valence-corrected chi connectivity index (χ4v) is 4.76. The van der Waals surface area contributed by atoms with Gasteiger partial charge in [-0.25, -0.2) is 9.97 Å². The highest BCUT2D eigenvalue weighted by atomic mass is 16.5. The summed E-state index contributed by atoms with van der Waals surface area (Å²) in [5.74, 6) is 0.657. The van der Waals surface area contributed by atoms with Gasteiger partial charge in [0, 0.05) is 69.5 Å². The second-order valence-electron chi connectivity index (χ2n) is 7.76. The van der Waals surface area contributed by atoms with Crippen molar-refractivity contribution in [2.24, 2.45) is 5.92 Å². The van der Waals surface area contributed by atoms with E-state index in [-0.39, 0.29) is 0 Å². The highest BCUT2D eigenvalue weighted by Gasteiger charge is 2.42. The molecular formula is C19H30N4O2. The standard InChI is InChI=1S/C19H30N4O2/c1-22(11-15-9-20-14-21-10-15)18-13-23(17-4-7-24-8-5-17)12-16-3-2-6-25-19(16)18/h9-10,14,16-19H,2-8,11-13H2,1H3/t16-,18+,19-/m0/s1. The number of likely N-dealkylation sites (tertiary alicyclic amines) is 1. The first-order chi connectivity index (χ1) is 12.3. The zero-order valence-corrected chi connectivity index (χ0v) is 15.2. The lowest BCUT2D eigenvalue weighted by molar-refractivity contribution is -0.123. The van der Waals surface area contributed by atoms with Crippen molar-refractivity contribution in [2.75, 3.05) is 40.0 Å². The molecule has 6 nitrogen and oxygen atoms in total. The number of nitrogens with zero attached hydrogens (tertiary/aromatic N) is 4. The van der Waals surface area contributed by atoms with Crippen LogP contribution in [0.1, 0.15) is 31.2 Å². The van der Waals surface area contributed by atoms with E-state index in [0.717, 1.165) is 32.9 Å². The van der Waals surface area contributed by atoms with Crippen molar-refractivity contribution in [3.8, 4) is 0 Å². The second-order valence-corrected chi connectivity index (χ2v) is 7.76. The molecule has 4 heterocycles. The lowest BCUT2D eigenvalue weighted by Gasteiger charge is -2.51. The summed E-state index contributed by atoms with van der Waals surface area (Å²) >= 11 is 0. The molecule has 0 aliphatic carbocycles. The third-order valence-corrected chi connectivity index (χ3v) is 6.08. The van der Waals surface area contributed by atoms with E-state index < -0.39 is 0 Å². The first-order valence-electron chi connectivity index (χ1n) is 9.69. The molecule has 25 heavy (non-hydrogen) atoms. The number of hydrogen-bond donors (Lipinski definition) is 0. The maximum absolute atomic E-state index is 6.26. The minimum Gasteiger partial charge on any atom is -0.381 e. The summed E-state index contributed by atoms with van der Waals surface area (Å²) in [5.41, 5.74) is 1.17. The maximum atomic E-state index is 6.26. The van der Waals surface area contributed by atoms with Crippen LogP contribution in [0.2, 0.25) is 0 Å². The minimum absolute atomic E-state index is 0.361. The van der Waals surface area contributed by atoms with Crippen molar-refractivity contribution in [3.05, 3.63) is 24.3 Å². The maximum Gasteiger partial charge on any atom is 0.115 e. The van der Waals surface area contributed by atoms with E-state index in [4.69, 9.17) is 9.47 Å². The van der Waals surface area contributed by atoms with Crippen LogP contribution in [0.25, 0.3) is 0 Å². The zero-order valence-electron chi connectivity index (χ0n) is 15.2. The molecule has 3 saturated heterocycles. The molecule has 0 radical (unpaired) electrons. The number of rotatable bonds is 4. The quantitative estimate of drug-likeness (QED) is 0.825. The van der Waals surface area contributed by atoms with Crippen molar-refractivity contribution in [3.63, 3.8) is 0 Å². The van der Waals surface area contributed by atoms with Gasteiger partial charge in [-0.2, -0.15) is 0 Å². The Morgan fingerprint density at radius 2 is 1.92 bits per heavy atom. The number of hydrogen-bond acceptors (Lipinski definition) is 6. The first-order valence-corrected chi connectivity index (χ1v) is 9.69. The van der Waals surface area contributed by atoms with E-state index in [2.05, 4.69) is 26.8 Å². The molecule has 1 aromatic heterocycles. The molecule has 0 bridgehead atoms. The molecule has 0 saturated carbocycles. The summed E-state index contributed by atoms with van der Waals surface area (Å²) in [6, 6.07) is 1.11. The van der Waals surface area contributed by atoms with Crippen LogP contribution in [0.5, 0.6) is 0 Å². The number of piperidine rings is 1. The summed E-state index contributed by atoms with van der Waals surface area (Å²) in [4.78, 5) is 13.5. The third kappa shape index (κ3) is 4.03. The third-order valence-electron chi connectivity index (χ3n) is 6.08. The van der Waals surface area contributed by atoms with Crippen molar-refractivity contribution < 1.29 is 9.47 Å². The monoisotopic (exact) mass is 346 g/mol. The van der Waals surface area contributed by atoms with E-state index in [9.17, 15) is 0 Å². The van der Waals surface area contributed by atoms with Gasteiger partial charge < -0.3 is 9.47 Å². The molecule has 0 spiro atoms. The molecule has 3 aliphatic rings. The van der Waals surface area contributed by atoms with Crippen LogP contribution in [0, 0.1) is 5.92 Å². The molecule has 3 fully saturated rings. The van der Waals surface area contributed by atoms with Gasteiger partial charge in [0.15, 0.2) is 0 Å². The van der Waals surface area contributed by atoms with Crippen LogP contribution in [0.15, 0.2) is 18.7 Å². The van der Waals surface area contributed by atoms with Crippen LogP contribution in [0.4, 0.5) is 0 Å². The van der Waals surface area contributed by atoms with E-state index in [1.54, 1.807) is 6.33 Å². The van der Waals surface area contributed by atoms with Gasteiger partial charge in [0.1, 0.15) is 6.33 Å². The summed E-state index contributed by atoms with van der Waals surface area (Å²) in [6.45, 7) is 5.89. The second kappa shape index (κ2) is 8.08. The molecule has 0 unspecified atom stereocenters. The van der Waals surface area contributed by atoms with Crippen molar-refractivity contribution >= 4 is 0 Å². The Labute approximate surface area is 150 Å². The Bertz CT molecular complexity index is 537. The van der Waals surface area contributed by atoms with Gasteiger partial charge in [0.25, 0.3) is 0 Å². The van der Waals surface area contributed by atoms with Crippen LogP contribution in [0.3, 0.4) is 0 Å². The fourth-order valence-electron chi connectivity index (χ4n) is 4.76. The molecular weight excluding hydrogens is 316 g/mol. The number of fused-ring (bicyclic) bond motifs is 1. The average molecular weight is 346 g/mol. The lowest BCUT2D eigenvalue weighted by atomic mass is 9.83. The molecule has 4 rings (SSSR count). The Morgan fingerprint density at radius 1 is 1.12 bits per heavy atom. The largest absolute Gasteiger partial charge is 0.381 e. The Kier molecular flexibility index (Phi) is 5.60. The first kappa shape index (κ1) is 17.3. The fraction of sp³-hybridized carbons (Fsp3) is 0.789. The number of ether oxygens (including phenoxy) is 2. The summed E-state index contributed by atoms with van der Waals surface area (Å²) in [7, 11) is 2.22. The van der Waals surface area contributed by atoms with E-state index in [0.29, 0.717) is 24.1 Å². The van der Waals surface area contributed by atoms with Crippen LogP contribution < -0.4 is 0 Å². The summed E-state index contributed by atoms with van der Waals surface area (Å²) in [6.07, 6.45) is 10.6. The highest BCUT2D eigenvalue weighted by molar-refractivity contribution is 5.04. The molecule has 0 N–H and O–H groups in total. The van der Waals surface area contributed by atoms with E-state index >= 15 is 0 Å². The van der Waals surface area contributed by atoms with Gasteiger partial charge in [-0.1, -0.05) is 0 Å². The SMILES string of the molecule is CN(Cc1cncnc1)[C@@H]1CN(C2CCOCC2)C[C@@H]2CCCO[C@@H]21. The number of likely N-dealkylation sites (N-methyl/N-ethyl adjacent to an activating group) is 1. The number of aromatic nitrogens is 2. The van der Waals surface area contributed by atoms with Gasteiger partial charge in [-0.3, -0.25) is 9.80 Å².